The van der Waals surface area contributed by atoms with Crippen molar-refractivity contribution in [2.45, 2.75) is 51.5 Å². The van der Waals surface area contributed by atoms with Crippen molar-refractivity contribution in [2.75, 3.05) is 6.61 Å². The van der Waals surface area contributed by atoms with Gasteiger partial charge in [-0.15, -0.1) is 0 Å². The summed E-state index contributed by atoms with van der Waals surface area (Å²) in [5.41, 5.74) is -0.249. The van der Waals surface area contributed by atoms with Crippen molar-refractivity contribution in [3.8, 4) is 0 Å². The lowest BCUT2D eigenvalue weighted by Gasteiger charge is -2.11. The van der Waals surface area contributed by atoms with Crippen molar-refractivity contribution in [2.24, 2.45) is 0 Å². The van der Waals surface area contributed by atoms with E-state index in [2.05, 4.69) is 10.2 Å². The molecule has 2 aromatic rings. The van der Waals surface area contributed by atoms with Crippen LogP contribution in [-0.2, 0) is 16.1 Å². The number of ether oxygens (including phenoxy) is 1. The minimum atomic E-state index is -2.77. The van der Waals surface area contributed by atoms with Gasteiger partial charge >= 0.3 is 5.97 Å². The summed E-state index contributed by atoms with van der Waals surface area (Å²) < 4.78 is 33.7. The maximum atomic E-state index is 13.3. The quantitative estimate of drug-likeness (QED) is 0.774. The number of aromatic nitrogens is 4. The van der Waals surface area contributed by atoms with E-state index >= 15 is 0 Å². The Morgan fingerprint density at radius 2 is 2.12 bits per heavy atom. The molecule has 1 fully saturated rings. The van der Waals surface area contributed by atoms with Gasteiger partial charge in [0, 0.05) is 12.3 Å². The topological polar surface area (TPSA) is 78.5 Å². The van der Waals surface area contributed by atoms with Gasteiger partial charge in [0.25, 0.3) is 11.5 Å². The van der Waals surface area contributed by atoms with Crippen molar-refractivity contribution in [3.05, 3.63) is 27.9 Å². The van der Waals surface area contributed by atoms with Gasteiger partial charge in [-0.3, -0.25) is 9.59 Å². The van der Waals surface area contributed by atoms with Gasteiger partial charge in [0.15, 0.2) is 5.82 Å². The van der Waals surface area contributed by atoms with Crippen molar-refractivity contribution >= 4 is 11.5 Å². The fourth-order valence-electron chi connectivity index (χ4n) is 2.57. The second kappa shape index (κ2) is 5.64. The summed E-state index contributed by atoms with van der Waals surface area (Å²) in [6.07, 6.45) is -0.266. The first kappa shape index (κ1) is 16.5. The van der Waals surface area contributed by atoms with Crippen LogP contribution >= 0.6 is 0 Å². The van der Waals surface area contributed by atoms with Crippen LogP contribution in [0.5, 0.6) is 0 Å². The molecule has 1 atom stereocenters. The predicted octanol–water partition coefficient (Wildman–Crippen LogP) is 1.70. The SMILES string of the molecule is CCOC(=O)Cn1nc(C(C)C)n2nc(C3CC3(F)F)cc2c1=O. The highest BCUT2D eigenvalue weighted by Gasteiger charge is 2.59. The number of alkyl halides is 2. The van der Waals surface area contributed by atoms with Crippen molar-refractivity contribution in [1.29, 1.82) is 0 Å². The molecule has 2 heterocycles. The Hall–Kier alpha value is -2.32. The molecular formula is C15H18F2N4O3. The molecule has 0 radical (unpaired) electrons. The highest BCUT2D eigenvalue weighted by molar-refractivity contribution is 5.69. The minimum Gasteiger partial charge on any atom is -0.465 e. The number of carbonyl (C=O) groups excluding carboxylic acids is 1. The van der Waals surface area contributed by atoms with E-state index in [4.69, 9.17) is 4.74 Å². The molecule has 0 saturated heterocycles. The highest BCUT2D eigenvalue weighted by Crippen LogP contribution is 2.55. The molecule has 1 aliphatic carbocycles. The average molecular weight is 340 g/mol. The summed E-state index contributed by atoms with van der Waals surface area (Å²) in [7, 11) is 0. The smallest absolute Gasteiger partial charge is 0.327 e. The number of carbonyl (C=O) groups is 1. The maximum Gasteiger partial charge on any atom is 0.327 e. The molecule has 0 amide bonds. The summed E-state index contributed by atoms with van der Waals surface area (Å²) in [6, 6.07) is 1.36. The molecule has 9 heteroatoms. The van der Waals surface area contributed by atoms with E-state index in [0.29, 0.717) is 5.82 Å². The van der Waals surface area contributed by atoms with E-state index < -0.39 is 23.4 Å². The molecule has 130 valence electrons. The third kappa shape index (κ3) is 2.78. The molecule has 0 aliphatic heterocycles. The average Bonchev–Trinajstić information content (AvgIpc) is 2.94. The second-order valence-corrected chi connectivity index (χ2v) is 6.16. The lowest BCUT2D eigenvalue weighted by atomic mass is 10.2. The molecule has 2 aromatic heterocycles. The minimum absolute atomic E-state index is 0.117. The summed E-state index contributed by atoms with van der Waals surface area (Å²) in [6.45, 7) is 5.21. The van der Waals surface area contributed by atoms with Crippen LogP contribution in [0, 0.1) is 0 Å². The van der Waals surface area contributed by atoms with Crippen molar-refractivity contribution in [3.63, 3.8) is 0 Å². The highest BCUT2D eigenvalue weighted by atomic mass is 19.3. The van der Waals surface area contributed by atoms with Gasteiger partial charge in [-0.25, -0.2) is 18.0 Å². The lowest BCUT2D eigenvalue weighted by molar-refractivity contribution is -0.144. The van der Waals surface area contributed by atoms with Gasteiger partial charge in [-0.1, -0.05) is 13.8 Å². The van der Waals surface area contributed by atoms with E-state index in [9.17, 15) is 18.4 Å². The van der Waals surface area contributed by atoms with Gasteiger partial charge < -0.3 is 4.74 Å². The molecule has 1 unspecified atom stereocenters. The van der Waals surface area contributed by atoms with E-state index in [0.717, 1.165) is 4.68 Å². The van der Waals surface area contributed by atoms with Gasteiger partial charge in [0.05, 0.1) is 18.2 Å². The predicted molar refractivity (Wildman–Crippen MR) is 80.3 cm³/mol. The molecule has 1 saturated carbocycles. The number of halogens is 2. The van der Waals surface area contributed by atoms with Crippen LogP contribution in [0.3, 0.4) is 0 Å². The second-order valence-electron chi connectivity index (χ2n) is 6.16. The fraction of sp³-hybridized carbons (Fsp3) is 0.600. The molecule has 7 nitrogen and oxygen atoms in total. The molecule has 3 rings (SSSR count). The molecule has 0 N–H and O–H groups in total. The maximum absolute atomic E-state index is 13.3. The lowest BCUT2D eigenvalue weighted by Crippen LogP contribution is -2.31. The van der Waals surface area contributed by atoms with Crippen LogP contribution < -0.4 is 5.56 Å². The first-order chi connectivity index (χ1) is 11.2. The van der Waals surface area contributed by atoms with Gasteiger partial charge in [-0.2, -0.15) is 10.2 Å². The molecule has 0 spiro atoms. The monoisotopic (exact) mass is 340 g/mol. The summed E-state index contributed by atoms with van der Waals surface area (Å²) >= 11 is 0. The zero-order valence-electron chi connectivity index (χ0n) is 13.6. The summed E-state index contributed by atoms with van der Waals surface area (Å²) in [4.78, 5) is 24.2. The number of nitrogens with zero attached hydrogens (tertiary/aromatic N) is 4. The van der Waals surface area contributed by atoms with Crippen LogP contribution in [0.25, 0.3) is 5.52 Å². The molecular weight excluding hydrogens is 322 g/mol. The summed E-state index contributed by atoms with van der Waals surface area (Å²) in [5, 5.41) is 8.32. The standard InChI is InChI=1S/C15H18F2N4O3/c1-4-24-12(22)7-20-14(23)11-5-10(9-6-15(9,16)17)18-21(11)13(19-20)8(2)3/h5,8-9H,4,6-7H2,1-3H3. The molecule has 1 aliphatic rings. The Labute approximate surface area is 136 Å². The Balaban J connectivity index is 2.10. The number of fused-ring (bicyclic) bond motifs is 1. The third-order valence-electron chi connectivity index (χ3n) is 3.91. The van der Waals surface area contributed by atoms with Crippen molar-refractivity contribution in [1.82, 2.24) is 19.4 Å². The van der Waals surface area contributed by atoms with Crippen LogP contribution in [0.15, 0.2) is 10.9 Å². The third-order valence-corrected chi connectivity index (χ3v) is 3.91. The van der Waals surface area contributed by atoms with Crippen LogP contribution in [0.2, 0.25) is 0 Å². The zero-order chi connectivity index (χ0) is 17.6. The number of hydrogen-bond acceptors (Lipinski definition) is 5. The fourth-order valence-corrected chi connectivity index (χ4v) is 2.57. The number of hydrogen-bond donors (Lipinski definition) is 0. The van der Waals surface area contributed by atoms with Gasteiger partial charge in [0.2, 0.25) is 0 Å². The van der Waals surface area contributed by atoms with Crippen molar-refractivity contribution < 1.29 is 18.3 Å². The van der Waals surface area contributed by atoms with Gasteiger partial charge in [0.1, 0.15) is 12.1 Å². The first-order valence-electron chi connectivity index (χ1n) is 7.78. The Morgan fingerprint density at radius 1 is 1.46 bits per heavy atom. The first-order valence-corrected chi connectivity index (χ1v) is 7.78. The Kier molecular flexibility index (Phi) is 3.89. The van der Waals surface area contributed by atoms with E-state index in [1.54, 1.807) is 6.92 Å². The van der Waals surface area contributed by atoms with Crippen LogP contribution in [0.4, 0.5) is 8.78 Å². The summed E-state index contributed by atoms with van der Waals surface area (Å²) in [5.74, 6) is -4.01. The van der Waals surface area contributed by atoms with E-state index in [1.807, 2.05) is 13.8 Å². The number of rotatable bonds is 5. The zero-order valence-corrected chi connectivity index (χ0v) is 13.6. The normalized spacial score (nSPS) is 19.0. The van der Waals surface area contributed by atoms with E-state index in [-0.39, 0.29) is 36.7 Å². The largest absolute Gasteiger partial charge is 0.465 e. The van der Waals surface area contributed by atoms with E-state index in [1.165, 1.54) is 10.6 Å². The van der Waals surface area contributed by atoms with Crippen LogP contribution in [0.1, 0.15) is 50.5 Å². The van der Waals surface area contributed by atoms with Crippen LogP contribution in [-0.4, -0.2) is 37.9 Å². The molecule has 0 bridgehead atoms. The van der Waals surface area contributed by atoms with Gasteiger partial charge in [-0.05, 0) is 13.0 Å². The Bertz CT molecular complexity index is 856. The Morgan fingerprint density at radius 3 is 2.67 bits per heavy atom. The molecule has 24 heavy (non-hydrogen) atoms. The number of esters is 1. The molecule has 0 aromatic carbocycles.